The summed E-state index contributed by atoms with van der Waals surface area (Å²) in [5, 5.41) is 0. The van der Waals surface area contributed by atoms with Gasteiger partial charge in [0.1, 0.15) is 11.6 Å². The van der Waals surface area contributed by atoms with Crippen molar-refractivity contribution in [2.75, 3.05) is 6.61 Å². The van der Waals surface area contributed by atoms with Gasteiger partial charge >= 0.3 is 0 Å². The third-order valence-corrected chi connectivity index (χ3v) is 9.89. The third-order valence-electron chi connectivity index (χ3n) is 9.89. The van der Waals surface area contributed by atoms with E-state index >= 15 is 0 Å². The Morgan fingerprint density at radius 2 is 1.54 bits per heavy atom. The predicted molar refractivity (Wildman–Crippen MR) is 146 cm³/mol. The fraction of sp³-hybridized carbons (Fsp3) is 0.758. The zero-order valence-corrected chi connectivity index (χ0v) is 22.5. The molecule has 3 aliphatic rings. The van der Waals surface area contributed by atoms with Crippen molar-refractivity contribution in [3.05, 3.63) is 42.2 Å². The first-order valence-electron chi connectivity index (χ1n) is 15.2. The maximum absolute atomic E-state index is 14.9. The first-order chi connectivity index (χ1) is 17.2. The van der Waals surface area contributed by atoms with Gasteiger partial charge in [0, 0.05) is 6.07 Å². The van der Waals surface area contributed by atoms with E-state index in [1.54, 1.807) is 6.07 Å². The number of hydrogen-bond donors (Lipinski definition) is 0. The second-order valence-corrected chi connectivity index (χ2v) is 12.3. The van der Waals surface area contributed by atoms with Crippen LogP contribution in [0.3, 0.4) is 0 Å². The summed E-state index contributed by atoms with van der Waals surface area (Å²) in [6.45, 7) is 6.60. The maximum Gasteiger partial charge on any atom is 0.130 e. The average Bonchev–Trinajstić information content (AvgIpc) is 2.88. The molecule has 0 spiro atoms. The number of halogens is 1. The van der Waals surface area contributed by atoms with Crippen LogP contribution in [0.4, 0.5) is 4.39 Å². The minimum atomic E-state index is -0.0710. The van der Waals surface area contributed by atoms with Gasteiger partial charge in [0.25, 0.3) is 0 Å². The van der Waals surface area contributed by atoms with Crippen LogP contribution in [0.15, 0.2) is 30.9 Å². The van der Waals surface area contributed by atoms with E-state index in [0.717, 1.165) is 48.0 Å². The predicted octanol–water partition coefficient (Wildman–Crippen LogP) is 10.2. The molecule has 35 heavy (non-hydrogen) atoms. The fourth-order valence-electron chi connectivity index (χ4n) is 7.68. The quantitative estimate of drug-likeness (QED) is 0.213. The molecule has 196 valence electrons. The lowest BCUT2D eigenvalue weighted by atomic mass is 9.63. The van der Waals surface area contributed by atoms with Gasteiger partial charge in [-0.1, -0.05) is 89.7 Å². The number of fused-ring (bicyclic) bond motifs is 1. The van der Waals surface area contributed by atoms with Crippen LogP contribution < -0.4 is 4.74 Å². The Balaban J connectivity index is 1.17. The lowest BCUT2D eigenvalue weighted by Gasteiger charge is -2.43. The number of benzene rings is 1. The molecular formula is C33H51FO. The van der Waals surface area contributed by atoms with Crippen molar-refractivity contribution in [3.63, 3.8) is 0 Å². The van der Waals surface area contributed by atoms with Crippen LogP contribution in [-0.4, -0.2) is 6.61 Å². The molecule has 0 saturated heterocycles. The average molecular weight is 483 g/mol. The molecule has 0 heterocycles. The molecule has 3 saturated carbocycles. The smallest absolute Gasteiger partial charge is 0.130 e. The number of hydrogen-bond acceptors (Lipinski definition) is 1. The largest absolute Gasteiger partial charge is 0.493 e. The van der Waals surface area contributed by atoms with Crippen molar-refractivity contribution in [2.24, 2.45) is 29.6 Å². The maximum atomic E-state index is 14.9. The fourth-order valence-corrected chi connectivity index (χ4v) is 7.68. The Kier molecular flexibility index (Phi) is 10.6. The topological polar surface area (TPSA) is 9.23 Å². The van der Waals surface area contributed by atoms with Crippen LogP contribution in [0.25, 0.3) is 0 Å². The molecule has 0 N–H and O–H groups in total. The molecule has 0 aromatic heterocycles. The second-order valence-electron chi connectivity index (χ2n) is 12.3. The summed E-state index contributed by atoms with van der Waals surface area (Å²) >= 11 is 0. The standard InChI is InChI=1S/C33H51FO/c1-3-5-7-8-25-9-11-26(12-10-25)13-14-27-15-16-29-23-30(18-17-28(29)22-27)32-20-19-31(24-33(32)34)35-21-6-4-2/h4,19-20,24-30H,2-3,5-18,21-23H2,1H3. The summed E-state index contributed by atoms with van der Waals surface area (Å²) in [6, 6.07) is 5.55. The molecule has 3 fully saturated rings. The first-order valence-corrected chi connectivity index (χ1v) is 15.2. The first kappa shape index (κ1) is 26.7. The molecule has 0 aliphatic heterocycles. The zero-order chi connectivity index (χ0) is 24.5. The summed E-state index contributed by atoms with van der Waals surface area (Å²) in [4.78, 5) is 0. The van der Waals surface area contributed by atoms with E-state index in [2.05, 4.69) is 13.5 Å². The lowest BCUT2D eigenvalue weighted by molar-refractivity contribution is 0.108. The van der Waals surface area contributed by atoms with Crippen molar-refractivity contribution in [3.8, 4) is 5.75 Å². The van der Waals surface area contributed by atoms with Crippen LogP contribution in [0.5, 0.6) is 5.75 Å². The molecule has 2 heteroatoms. The molecule has 0 amide bonds. The highest BCUT2D eigenvalue weighted by Crippen LogP contribution is 2.49. The second kappa shape index (κ2) is 13.8. The van der Waals surface area contributed by atoms with Crippen LogP contribution in [-0.2, 0) is 0 Å². The van der Waals surface area contributed by atoms with Crippen LogP contribution in [0, 0.1) is 35.4 Å². The van der Waals surface area contributed by atoms with Gasteiger partial charge in [0.15, 0.2) is 0 Å². The van der Waals surface area contributed by atoms with Gasteiger partial charge in [-0.15, -0.1) is 6.58 Å². The minimum Gasteiger partial charge on any atom is -0.493 e. The van der Waals surface area contributed by atoms with E-state index in [-0.39, 0.29) is 5.82 Å². The van der Waals surface area contributed by atoms with Crippen molar-refractivity contribution >= 4 is 0 Å². The third kappa shape index (κ3) is 7.83. The van der Waals surface area contributed by atoms with Crippen molar-refractivity contribution in [2.45, 2.75) is 122 Å². The highest BCUT2D eigenvalue weighted by molar-refractivity contribution is 5.31. The summed E-state index contributed by atoms with van der Waals surface area (Å²) in [7, 11) is 0. The molecule has 0 radical (unpaired) electrons. The zero-order valence-electron chi connectivity index (χ0n) is 22.5. The minimum absolute atomic E-state index is 0.0710. The van der Waals surface area contributed by atoms with E-state index < -0.39 is 0 Å². The van der Waals surface area contributed by atoms with Crippen LogP contribution >= 0.6 is 0 Å². The number of ether oxygens (including phenoxy) is 1. The van der Waals surface area contributed by atoms with Crippen molar-refractivity contribution in [1.82, 2.24) is 0 Å². The van der Waals surface area contributed by atoms with E-state index in [1.165, 1.54) is 96.3 Å². The Morgan fingerprint density at radius 1 is 0.857 bits per heavy atom. The molecule has 4 rings (SSSR count). The van der Waals surface area contributed by atoms with Crippen molar-refractivity contribution < 1.29 is 9.13 Å². The highest BCUT2D eigenvalue weighted by atomic mass is 19.1. The monoisotopic (exact) mass is 482 g/mol. The molecular weight excluding hydrogens is 431 g/mol. The molecule has 0 bridgehead atoms. The Labute approximate surface area is 215 Å². The molecule has 1 aromatic rings. The van der Waals surface area contributed by atoms with Crippen LogP contribution in [0.2, 0.25) is 0 Å². The summed E-state index contributed by atoms with van der Waals surface area (Å²) in [5.74, 6) is 5.68. The summed E-state index contributed by atoms with van der Waals surface area (Å²) in [6.07, 6.45) is 25.2. The lowest BCUT2D eigenvalue weighted by Crippen LogP contribution is -2.31. The molecule has 3 aliphatic carbocycles. The normalized spacial score (nSPS) is 31.0. The summed E-state index contributed by atoms with van der Waals surface area (Å²) in [5.41, 5.74) is 0.923. The van der Waals surface area contributed by atoms with Gasteiger partial charge < -0.3 is 4.74 Å². The van der Waals surface area contributed by atoms with Gasteiger partial charge in [-0.05, 0) is 85.7 Å². The van der Waals surface area contributed by atoms with Gasteiger partial charge in [-0.2, -0.15) is 0 Å². The molecule has 4 unspecified atom stereocenters. The van der Waals surface area contributed by atoms with Gasteiger partial charge in [0.2, 0.25) is 0 Å². The Morgan fingerprint density at radius 3 is 2.29 bits per heavy atom. The number of unbranched alkanes of at least 4 members (excludes halogenated alkanes) is 2. The van der Waals surface area contributed by atoms with Crippen molar-refractivity contribution in [1.29, 1.82) is 0 Å². The van der Waals surface area contributed by atoms with Crippen LogP contribution in [0.1, 0.15) is 128 Å². The van der Waals surface area contributed by atoms with E-state index in [4.69, 9.17) is 4.74 Å². The molecule has 4 atom stereocenters. The van der Waals surface area contributed by atoms with E-state index in [9.17, 15) is 4.39 Å². The Bertz CT molecular complexity index is 764. The van der Waals surface area contributed by atoms with E-state index in [1.807, 2.05) is 18.2 Å². The van der Waals surface area contributed by atoms with E-state index in [0.29, 0.717) is 18.3 Å². The Hall–Kier alpha value is -1.31. The number of rotatable bonds is 12. The molecule has 1 nitrogen and oxygen atoms in total. The molecule has 1 aromatic carbocycles. The van der Waals surface area contributed by atoms with Gasteiger partial charge in [-0.3, -0.25) is 0 Å². The highest BCUT2D eigenvalue weighted by Gasteiger charge is 2.36. The van der Waals surface area contributed by atoms with Gasteiger partial charge in [-0.25, -0.2) is 4.39 Å². The SMILES string of the molecule is C=CCCOc1ccc(C2CCC3CC(CCC4CCC(CCCCC)CC4)CCC3C2)c(F)c1. The van der Waals surface area contributed by atoms with Gasteiger partial charge in [0.05, 0.1) is 6.61 Å². The summed E-state index contributed by atoms with van der Waals surface area (Å²) < 4.78 is 20.6.